The molecular weight excluding hydrogens is 379 g/mol. The van der Waals surface area contributed by atoms with Crippen LogP contribution in [0, 0.1) is 0 Å². The fourth-order valence-corrected chi connectivity index (χ4v) is 2.34. The predicted molar refractivity (Wildman–Crippen MR) is 75.5 cm³/mol. The maximum Gasteiger partial charge on any atom is 0.433 e. The topological polar surface area (TPSA) is 70.3 Å². The molecule has 1 aromatic carbocycles. The minimum Gasteiger partial charge on any atom is -0.545 e. The van der Waals surface area contributed by atoms with Crippen LogP contribution in [0.1, 0.15) is 16.1 Å². The first-order chi connectivity index (χ1) is 10.8. The van der Waals surface area contributed by atoms with Crippen molar-refractivity contribution >= 4 is 27.5 Å². The lowest BCUT2D eigenvalue weighted by molar-refractivity contribution is -0.254. The van der Waals surface area contributed by atoms with Gasteiger partial charge in [0.2, 0.25) is 0 Å². The van der Waals surface area contributed by atoms with Gasteiger partial charge in [-0.3, -0.25) is 0 Å². The van der Waals surface area contributed by atoms with Gasteiger partial charge in [-0.2, -0.15) is 18.3 Å². The zero-order chi connectivity index (χ0) is 16.8. The monoisotopic (exact) mass is 384 g/mol. The molecule has 2 heterocycles. The molecule has 0 saturated carbocycles. The van der Waals surface area contributed by atoms with Crippen molar-refractivity contribution in [3.8, 4) is 11.3 Å². The number of nitrogens with zero attached hydrogens (tertiary/aromatic N) is 3. The molecule has 0 aliphatic carbocycles. The molecule has 0 unspecified atom stereocenters. The van der Waals surface area contributed by atoms with Crippen LogP contribution in [0.25, 0.3) is 16.9 Å². The van der Waals surface area contributed by atoms with Gasteiger partial charge in [0.1, 0.15) is 0 Å². The van der Waals surface area contributed by atoms with Crippen LogP contribution in [0.4, 0.5) is 13.2 Å². The van der Waals surface area contributed by atoms with Gasteiger partial charge in [0.15, 0.2) is 11.3 Å². The fourth-order valence-electron chi connectivity index (χ4n) is 2.08. The molecule has 0 spiro atoms. The lowest BCUT2D eigenvalue weighted by Crippen LogP contribution is -2.22. The Labute approximate surface area is 135 Å². The first-order valence-electron chi connectivity index (χ1n) is 6.20. The maximum atomic E-state index is 13.2. The first kappa shape index (κ1) is 15.5. The number of aromatic nitrogens is 3. The molecule has 0 atom stereocenters. The highest BCUT2D eigenvalue weighted by atomic mass is 79.9. The molecule has 9 heteroatoms. The zero-order valence-electron chi connectivity index (χ0n) is 11.1. The second kappa shape index (κ2) is 5.34. The summed E-state index contributed by atoms with van der Waals surface area (Å²) in [5, 5.41) is 14.5. The number of halogens is 4. The molecule has 0 N–H and O–H groups in total. The molecule has 3 rings (SSSR count). The van der Waals surface area contributed by atoms with Crippen molar-refractivity contribution in [2.45, 2.75) is 6.18 Å². The van der Waals surface area contributed by atoms with E-state index in [9.17, 15) is 23.1 Å². The summed E-state index contributed by atoms with van der Waals surface area (Å²) in [7, 11) is 0. The van der Waals surface area contributed by atoms with E-state index in [1.807, 2.05) is 0 Å². The minimum atomic E-state index is -4.72. The molecule has 5 nitrogen and oxygen atoms in total. The minimum absolute atomic E-state index is 0.0136. The molecule has 0 fully saturated rings. The van der Waals surface area contributed by atoms with Crippen molar-refractivity contribution in [1.82, 2.24) is 14.6 Å². The molecule has 0 aliphatic heterocycles. The van der Waals surface area contributed by atoms with E-state index in [4.69, 9.17) is 0 Å². The van der Waals surface area contributed by atoms with Gasteiger partial charge in [0.25, 0.3) is 0 Å². The highest BCUT2D eigenvalue weighted by Gasteiger charge is 2.35. The molecule has 118 valence electrons. The number of carbonyl (C=O) groups excluding carboxylic acids is 1. The van der Waals surface area contributed by atoms with Gasteiger partial charge < -0.3 is 9.90 Å². The summed E-state index contributed by atoms with van der Waals surface area (Å²) in [5.41, 5.74) is -1.65. The van der Waals surface area contributed by atoms with Gasteiger partial charge in [0, 0.05) is 10.0 Å². The summed E-state index contributed by atoms with van der Waals surface area (Å²) in [6.45, 7) is 0. The van der Waals surface area contributed by atoms with Gasteiger partial charge >= 0.3 is 6.18 Å². The average Bonchev–Trinajstić information content (AvgIpc) is 2.89. The normalized spacial score (nSPS) is 11.8. The molecule has 2 aromatic heterocycles. The number of fused-ring (bicyclic) bond motifs is 1. The van der Waals surface area contributed by atoms with Crippen LogP contribution in [-0.2, 0) is 6.18 Å². The SMILES string of the molecule is O=C([O-])c1cnn2c(C(F)(F)F)cc(-c3ccc(Br)cc3)nc12. The van der Waals surface area contributed by atoms with E-state index in [1.165, 1.54) is 0 Å². The molecule has 23 heavy (non-hydrogen) atoms. The molecule has 0 amide bonds. The van der Waals surface area contributed by atoms with Crippen LogP contribution in [-0.4, -0.2) is 20.6 Å². The Morgan fingerprint density at radius 2 is 1.87 bits per heavy atom. The van der Waals surface area contributed by atoms with E-state index < -0.39 is 29.1 Å². The fraction of sp³-hybridized carbons (Fsp3) is 0.0714. The van der Waals surface area contributed by atoms with Crippen LogP contribution in [0.2, 0.25) is 0 Å². The number of carboxylic acid groups (broad SMARTS) is 1. The zero-order valence-corrected chi connectivity index (χ0v) is 12.7. The number of hydrogen-bond donors (Lipinski definition) is 0. The van der Waals surface area contributed by atoms with Gasteiger partial charge in [-0.15, -0.1) is 0 Å². The lowest BCUT2D eigenvalue weighted by atomic mass is 10.1. The third-order valence-corrected chi connectivity index (χ3v) is 3.65. The number of carboxylic acids is 1. The summed E-state index contributed by atoms with van der Waals surface area (Å²) in [6.07, 6.45) is -3.93. The number of rotatable bonds is 2. The van der Waals surface area contributed by atoms with Crippen molar-refractivity contribution < 1.29 is 23.1 Å². The summed E-state index contributed by atoms with van der Waals surface area (Å²) < 4.78 is 40.9. The predicted octanol–water partition coefficient (Wildman–Crippen LogP) is 2.54. The van der Waals surface area contributed by atoms with E-state index in [-0.39, 0.29) is 5.69 Å². The van der Waals surface area contributed by atoms with Crippen LogP contribution in [0.15, 0.2) is 41.0 Å². The third kappa shape index (κ3) is 2.79. The number of benzene rings is 1. The summed E-state index contributed by atoms with van der Waals surface area (Å²) in [4.78, 5) is 15.0. The second-order valence-electron chi connectivity index (χ2n) is 4.61. The molecule has 0 saturated heterocycles. The first-order valence-corrected chi connectivity index (χ1v) is 7.00. The Kier molecular flexibility index (Phi) is 3.59. The van der Waals surface area contributed by atoms with Crippen LogP contribution >= 0.6 is 15.9 Å². The van der Waals surface area contributed by atoms with Gasteiger partial charge in [0.05, 0.1) is 23.4 Å². The van der Waals surface area contributed by atoms with Gasteiger partial charge in [-0.1, -0.05) is 28.1 Å². The largest absolute Gasteiger partial charge is 0.545 e. The molecular formula is C14H6BrF3N3O2-. The number of aromatic carboxylic acids is 1. The van der Waals surface area contributed by atoms with Crippen molar-refractivity contribution in [2.24, 2.45) is 0 Å². The summed E-state index contributed by atoms with van der Waals surface area (Å²) in [6, 6.07) is 7.24. The molecule has 0 aliphatic rings. The number of carbonyl (C=O) groups is 1. The van der Waals surface area contributed by atoms with E-state index in [1.54, 1.807) is 24.3 Å². The van der Waals surface area contributed by atoms with Crippen LogP contribution in [0.5, 0.6) is 0 Å². The van der Waals surface area contributed by atoms with E-state index in [0.29, 0.717) is 10.1 Å². The maximum absolute atomic E-state index is 13.2. The van der Waals surface area contributed by atoms with Crippen molar-refractivity contribution in [3.05, 3.63) is 52.3 Å². The quantitative estimate of drug-likeness (QED) is 0.680. The smallest absolute Gasteiger partial charge is 0.433 e. The van der Waals surface area contributed by atoms with Crippen LogP contribution < -0.4 is 5.11 Å². The highest BCUT2D eigenvalue weighted by Crippen LogP contribution is 2.32. The van der Waals surface area contributed by atoms with Crippen molar-refractivity contribution in [3.63, 3.8) is 0 Å². The van der Waals surface area contributed by atoms with Gasteiger partial charge in [-0.05, 0) is 18.2 Å². The molecule has 3 aromatic rings. The Balaban J connectivity index is 2.33. The van der Waals surface area contributed by atoms with E-state index >= 15 is 0 Å². The highest BCUT2D eigenvalue weighted by molar-refractivity contribution is 9.10. The van der Waals surface area contributed by atoms with E-state index in [0.717, 1.165) is 16.7 Å². The Morgan fingerprint density at radius 3 is 2.43 bits per heavy atom. The van der Waals surface area contributed by atoms with Gasteiger partial charge in [-0.25, -0.2) is 9.50 Å². The third-order valence-electron chi connectivity index (χ3n) is 3.12. The van der Waals surface area contributed by atoms with Crippen LogP contribution in [0.3, 0.4) is 0 Å². The average molecular weight is 385 g/mol. The number of hydrogen-bond acceptors (Lipinski definition) is 4. The number of alkyl halides is 3. The van der Waals surface area contributed by atoms with E-state index in [2.05, 4.69) is 26.0 Å². The Bertz CT molecular complexity index is 904. The second-order valence-corrected chi connectivity index (χ2v) is 5.53. The van der Waals surface area contributed by atoms with Crippen molar-refractivity contribution in [2.75, 3.05) is 0 Å². The molecule has 0 bridgehead atoms. The van der Waals surface area contributed by atoms with Crippen molar-refractivity contribution in [1.29, 1.82) is 0 Å². The molecule has 0 radical (unpaired) electrons. The standard InChI is InChI=1S/C14H7BrF3N3O2/c15-8-3-1-7(2-4-8)10-5-11(14(16,17)18)21-12(20-10)9(6-19-21)13(22)23/h1-6H,(H,22,23)/p-1. The lowest BCUT2D eigenvalue weighted by Gasteiger charge is -2.12. The summed E-state index contributed by atoms with van der Waals surface area (Å²) in [5.74, 6) is -1.64. The Morgan fingerprint density at radius 1 is 1.22 bits per heavy atom. The Hall–Kier alpha value is -2.42. The summed E-state index contributed by atoms with van der Waals surface area (Å²) >= 11 is 3.23.